The molecule has 0 aliphatic rings. The van der Waals surface area contributed by atoms with Gasteiger partial charge in [-0.25, -0.2) is 9.78 Å². The molecule has 0 radical (unpaired) electrons. The minimum Gasteiger partial charge on any atom is -0.459 e. The Hall–Kier alpha value is -1.43. The fourth-order valence-corrected chi connectivity index (χ4v) is 1.61. The first kappa shape index (κ1) is 11.6. The highest BCUT2D eigenvalue weighted by Crippen LogP contribution is 2.14. The van der Waals surface area contributed by atoms with Gasteiger partial charge in [-0.05, 0) is 13.8 Å². The van der Waals surface area contributed by atoms with Gasteiger partial charge in [-0.1, -0.05) is 0 Å². The van der Waals surface area contributed by atoms with E-state index >= 15 is 0 Å². The fraction of sp³-hybridized carbons (Fsp3) is 0.444. The van der Waals surface area contributed by atoms with Crippen molar-refractivity contribution in [3.05, 3.63) is 16.6 Å². The highest BCUT2D eigenvalue weighted by molar-refractivity contribution is 7.09. The lowest BCUT2D eigenvalue weighted by molar-refractivity contribution is -0.154. The molecule has 1 aromatic rings. The maximum absolute atomic E-state index is 11.2. The smallest absolute Gasteiger partial charge is 0.396 e. The topological polar surface area (TPSA) is 68.3 Å². The van der Waals surface area contributed by atoms with E-state index in [1.807, 2.05) is 5.38 Å². The van der Waals surface area contributed by atoms with Gasteiger partial charge in [-0.2, -0.15) is 0 Å². The molecule has 1 heterocycles. The molecule has 0 aromatic carbocycles. The van der Waals surface area contributed by atoms with Gasteiger partial charge in [-0.3, -0.25) is 4.79 Å². The van der Waals surface area contributed by atoms with E-state index in [0.717, 1.165) is 5.01 Å². The zero-order valence-corrected chi connectivity index (χ0v) is 9.34. The third kappa shape index (κ3) is 3.32. The van der Waals surface area contributed by atoms with Gasteiger partial charge in [0.1, 0.15) is 5.01 Å². The van der Waals surface area contributed by atoms with Crippen LogP contribution in [-0.4, -0.2) is 23.5 Å². The Kier molecular flexibility index (Phi) is 4.23. The Morgan fingerprint density at radius 3 is 2.93 bits per heavy atom. The largest absolute Gasteiger partial charge is 0.459 e. The first-order valence-electron chi connectivity index (χ1n) is 4.52. The van der Waals surface area contributed by atoms with E-state index in [9.17, 15) is 9.59 Å². The first-order valence-corrected chi connectivity index (χ1v) is 5.40. The molecule has 1 amide bonds. The van der Waals surface area contributed by atoms with Crippen molar-refractivity contribution in [2.45, 2.75) is 19.9 Å². The number of aromatic nitrogens is 1. The summed E-state index contributed by atoms with van der Waals surface area (Å²) in [4.78, 5) is 26.3. The van der Waals surface area contributed by atoms with Crippen LogP contribution < -0.4 is 5.32 Å². The van der Waals surface area contributed by atoms with Gasteiger partial charge in [0.05, 0.1) is 12.6 Å². The van der Waals surface area contributed by atoms with Gasteiger partial charge in [0.2, 0.25) is 0 Å². The fourth-order valence-electron chi connectivity index (χ4n) is 0.962. The van der Waals surface area contributed by atoms with E-state index in [0.29, 0.717) is 0 Å². The average Bonchev–Trinajstić information content (AvgIpc) is 2.70. The molecule has 0 aliphatic heterocycles. The minimum absolute atomic E-state index is 0.192. The van der Waals surface area contributed by atoms with Crippen molar-refractivity contribution >= 4 is 23.2 Å². The van der Waals surface area contributed by atoms with E-state index in [-0.39, 0.29) is 12.6 Å². The lowest BCUT2D eigenvalue weighted by Gasteiger charge is -2.09. The van der Waals surface area contributed by atoms with Gasteiger partial charge < -0.3 is 10.1 Å². The molecule has 15 heavy (non-hydrogen) atoms. The summed E-state index contributed by atoms with van der Waals surface area (Å²) in [7, 11) is 0. The van der Waals surface area contributed by atoms with E-state index in [4.69, 9.17) is 0 Å². The molecule has 1 unspecified atom stereocenters. The van der Waals surface area contributed by atoms with Crippen LogP contribution in [0.5, 0.6) is 0 Å². The number of carbonyl (C=O) groups excluding carboxylic acids is 2. The van der Waals surface area contributed by atoms with Gasteiger partial charge in [-0.15, -0.1) is 11.3 Å². The zero-order chi connectivity index (χ0) is 11.3. The van der Waals surface area contributed by atoms with E-state index in [1.54, 1.807) is 20.0 Å². The van der Waals surface area contributed by atoms with Crippen LogP contribution in [0.25, 0.3) is 0 Å². The van der Waals surface area contributed by atoms with Crippen molar-refractivity contribution in [1.82, 2.24) is 10.3 Å². The standard InChI is InChI=1S/C9H12N2O3S/c1-3-14-9(13)7(12)11-6(2)8-10-4-5-15-8/h4-6H,3H2,1-2H3,(H,11,12). The van der Waals surface area contributed by atoms with Crippen LogP contribution in [0.4, 0.5) is 0 Å². The number of hydrogen-bond acceptors (Lipinski definition) is 5. The normalized spacial score (nSPS) is 11.9. The summed E-state index contributed by atoms with van der Waals surface area (Å²) in [6.45, 7) is 3.60. The minimum atomic E-state index is -0.860. The Morgan fingerprint density at radius 1 is 1.67 bits per heavy atom. The van der Waals surface area contributed by atoms with Crippen molar-refractivity contribution in [2.75, 3.05) is 6.61 Å². The summed E-state index contributed by atoms with van der Waals surface area (Å²) in [6, 6.07) is -0.276. The maximum Gasteiger partial charge on any atom is 0.396 e. The number of thiazole rings is 1. The summed E-state index contributed by atoms with van der Waals surface area (Å²) in [5, 5.41) is 5.07. The summed E-state index contributed by atoms with van der Waals surface area (Å²) >= 11 is 1.42. The van der Waals surface area contributed by atoms with Gasteiger partial charge >= 0.3 is 11.9 Å². The molecule has 6 heteroatoms. The molecular weight excluding hydrogens is 216 g/mol. The van der Waals surface area contributed by atoms with Crippen LogP contribution in [0.3, 0.4) is 0 Å². The van der Waals surface area contributed by atoms with E-state index in [2.05, 4.69) is 15.0 Å². The lowest BCUT2D eigenvalue weighted by atomic mass is 10.3. The average molecular weight is 228 g/mol. The molecule has 1 aromatic heterocycles. The van der Waals surface area contributed by atoms with Crippen LogP contribution in [0.2, 0.25) is 0 Å². The SMILES string of the molecule is CCOC(=O)C(=O)NC(C)c1nccs1. The first-order chi connectivity index (χ1) is 7.15. The van der Waals surface area contributed by atoms with Crippen molar-refractivity contribution in [3.8, 4) is 0 Å². The van der Waals surface area contributed by atoms with E-state index < -0.39 is 11.9 Å². The number of carbonyl (C=O) groups is 2. The molecule has 5 nitrogen and oxygen atoms in total. The predicted octanol–water partition coefficient (Wildman–Crippen LogP) is 0.883. The molecule has 0 saturated carbocycles. The van der Waals surface area contributed by atoms with Crippen molar-refractivity contribution < 1.29 is 14.3 Å². The molecule has 0 aliphatic carbocycles. The van der Waals surface area contributed by atoms with Crippen molar-refractivity contribution in [1.29, 1.82) is 0 Å². The number of hydrogen-bond donors (Lipinski definition) is 1. The summed E-state index contributed by atoms with van der Waals surface area (Å²) in [5.41, 5.74) is 0. The lowest BCUT2D eigenvalue weighted by Crippen LogP contribution is -2.34. The zero-order valence-electron chi connectivity index (χ0n) is 8.52. The number of nitrogens with one attached hydrogen (secondary N) is 1. The van der Waals surface area contributed by atoms with Crippen LogP contribution in [0.15, 0.2) is 11.6 Å². The van der Waals surface area contributed by atoms with Crippen LogP contribution >= 0.6 is 11.3 Å². The predicted molar refractivity (Wildman–Crippen MR) is 55.3 cm³/mol. The second-order valence-electron chi connectivity index (χ2n) is 2.79. The van der Waals surface area contributed by atoms with Gasteiger partial charge in [0, 0.05) is 11.6 Å². The number of amides is 1. The molecule has 0 bridgehead atoms. The van der Waals surface area contributed by atoms with Crippen LogP contribution in [0.1, 0.15) is 24.9 Å². The molecule has 1 rings (SSSR count). The molecule has 1 N–H and O–H groups in total. The number of ether oxygens (including phenoxy) is 1. The third-order valence-electron chi connectivity index (χ3n) is 1.63. The highest BCUT2D eigenvalue weighted by Gasteiger charge is 2.18. The summed E-state index contributed by atoms with van der Waals surface area (Å²) in [5.74, 6) is -1.60. The number of esters is 1. The van der Waals surface area contributed by atoms with Crippen molar-refractivity contribution in [3.63, 3.8) is 0 Å². The summed E-state index contributed by atoms with van der Waals surface area (Å²) in [6.07, 6.45) is 1.65. The highest BCUT2D eigenvalue weighted by atomic mass is 32.1. The molecule has 0 saturated heterocycles. The monoisotopic (exact) mass is 228 g/mol. The second kappa shape index (κ2) is 5.45. The third-order valence-corrected chi connectivity index (χ3v) is 2.59. The Morgan fingerprint density at radius 2 is 2.40 bits per heavy atom. The van der Waals surface area contributed by atoms with Gasteiger partial charge in [0.15, 0.2) is 0 Å². The molecule has 82 valence electrons. The Balaban J connectivity index is 2.48. The number of rotatable bonds is 3. The molecular formula is C9H12N2O3S. The second-order valence-corrected chi connectivity index (χ2v) is 3.71. The number of nitrogens with zero attached hydrogens (tertiary/aromatic N) is 1. The quantitative estimate of drug-likeness (QED) is 0.616. The maximum atomic E-state index is 11.2. The summed E-state index contributed by atoms with van der Waals surface area (Å²) < 4.78 is 4.55. The molecule has 0 spiro atoms. The van der Waals surface area contributed by atoms with E-state index in [1.165, 1.54) is 11.3 Å². The van der Waals surface area contributed by atoms with Gasteiger partial charge in [0.25, 0.3) is 0 Å². The van der Waals surface area contributed by atoms with Crippen LogP contribution in [-0.2, 0) is 14.3 Å². The molecule has 1 atom stereocenters. The van der Waals surface area contributed by atoms with Crippen molar-refractivity contribution in [2.24, 2.45) is 0 Å². The van der Waals surface area contributed by atoms with Crippen LogP contribution in [0, 0.1) is 0 Å². The Labute approximate surface area is 91.5 Å². The Bertz CT molecular complexity index is 337. The molecule has 0 fully saturated rings.